The molecule has 1 fully saturated rings. The van der Waals surface area contributed by atoms with Crippen LogP contribution in [-0.4, -0.2) is 30.6 Å². The Morgan fingerprint density at radius 2 is 2.00 bits per heavy atom. The van der Waals surface area contributed by atoms with Gasteiger partial charge in [0.2, 0.25) is 0 Å². The lowest BCUT2D eigenvalue weighted by atomic mass is 9.95. The Bertz CT molecular complexity index is 758. The molecular formula is C18H20N2O4S. The molecule has 1 saturated carbocycles. The summed E-state index contributed by atoms with van der Waals surface area (Å²) in [5.74, 6) is -1.00. The van der Waals surface area contributed by atoms with Crippen LogP contribution in [0.1, 0.15) is 17.7 Å². The molecule has 1 unspecified atom stereocenters. The zero-order valence-corrected chi connectivity index (χ0v) is 14.6. The van der Waals surface area contributed by atoms with E-state index in [2.05, 4.69) is 10.6 Å². The highest BCUT2D eigenvalue weighted by molar-refractivity contribution is 7.10. The van der Waals surface area contributed by atoms with Gasteiger partial charge in [0.15, 0.2) is 0 Å². The monoisotopic (exact) mass is 360 g/mol. The van der Waals surface area contributed by atoms with Gasteiger partial charge in [0.1, 0.15) is 11.4 Å². The van der Waals surface area contributed by atoms with Crippen LogP contribution in [0.15, 0.2) is 41.8 Å². The average molecular weight is 360 g/mol. The molecule has 0 radical (unpaired) electrons. The van der Waals surface area contributed by atoms with Crippen LogP contribution < -0.4 is 15.4 Å². The minimum Gasteiger partial charge on any atom is -0.495 e. The molecule has 1 aliphatic rings. The fourth-order valence-corrected chi connectivity index (χ4v) is 3.64. The van der Waals surface area contributed by atoms with Crippen molar-refractivity contribution < 1.29 is 19.4 Å². The summed E-state index contributed by atoms with van der Waals surface area (Å²) in [4.78, 5) is 25.1. The van der Waals surface area contributed by atoms with E-state index >= 15 is 0 Å². The van der Waals surface area contributed by atoms with Gasteiger partial charge in [-0.2, -0.15) is 0 Å². The standard InChI is InChI=1S/C18H20N2O4S/c1-24-14-6-3-2-5-13(14)20-17(22)16(21)19-11-18(23,12-8-9-12)15-7-4-10-25-15/h2-7,10,12,23H,8-9,11H2,1H3,(H,19,21)(H,20,22). The van der Waals surface area contributed by atoms with Crippen LogP contribution >= 0.6 is 11.3 Å². The highest BCUT2D eigenvalue weighted by Crippen LogP contribution is 2.46. The molecule has 7 heteroatoms. The number of hydrogen-bond acceptors (Lipinski definition) is 5. The molecule has 3 N–H and O–H groups in total. The summed E-state index contributed by atoms with van der Waals surface area (Å²) in [6, 6.07) is 10.6. The van der Waals surface area contributed by atoms with Crippen molar-refractivity contribution in [3.8, 4) is 5.75 Å². The summed E-state index contributed by atoms with van der Waals surface area (Å²) >= 11 is 1.45. The number of nitrogens with one attached hydrogen (secondary N) is 2. The van der Waals surface area contributed by atoms with Crippen molar-refractivity contribution in [1.82, 2.24) is 5.32 Å². The number of para-hydroxylation sites is 2. The fourth-order valence-electron chi connectivity index (χ4n) is 2.74. The molecule has 25 heavy (non-hydrogen) atoms. The molecule has 1 aromatic carbocycles. The maximum atomic E-state index is 12.1. The van der Waals surface area contributed by atoms with Crippen molar-refractivity contribution in [2.45, 2.75) is 18.4 Å². The Labute approximate surface area is 149 Å². The summed E-state index contributed by atoms with van der Waals surface area (Å²) in [6.07, 6.45) is 1.83. The second-order valence-electron chi connectivity index (χ2n) is 6.01. The molecule has 1 aromatic heterocycles. The highest BCUT2D eigenvalue weighted by atomic mass is 32.1. The number of amides is 2. The van der Waals surface area contributed by atoms with Gasteiger partial charge < -0.3 is 20.5 Å². The number of anilines is 1. The first-order valence-corrected chi connectivity index (χ1v) is 8.91. The third-order valence-corrected chi connectivity index (χ3v) is 5.32. The van der Waals surface area contributed by atoms with E-state index in [0.717, 1.165) is 17.7 Å². The van der Waals surface area contributed by atoms with Crippen molar-refractivity contribution in [3.05, 3.63) is 46.7 Å². The molecule has 132 valence electrons. The number of carbonyl (C=O) groups is 2. The van der Waals surface area contributed by atoms with Crippen LogP contribution in [0.4, 0.5) is 5.69 Å². The van der Waals surface area contributed by atoms with E-state index in [-0.39, 0.29) is 12.5 Å². The molecule has 1 heterocycles. The molecule has 0 spiro atoms. The summed E-state index contributed by atoms with van der Waals surface area (Å²) < 4.78 is 5.14. The van der Waals surface area contributed by atoms with Gasteiger partial charge in [-0.3, -0.25) is 9.59 Å². The van der Waals surface area contributed by atoms with Crippen LogP contribution in [-0.2, 0) is 15.2 Å². The van der Waals surface area contributed by atoms with Crippen molar-refractivity contribution in [2.24, 2.45) is 5.92 Å². The Morgan fingerprint density at radius 1 is 1.24 bits per heavy atom. The van der Waals surface area contributed by atoms with E-state index in [1.807, 2.05) is 17.5 Å². The van der Waals surface area contributed by atoms with Gasteiger partial charge >= 0.3 is 11.8 Å². The number of hydrogen-bond donors (Lipinski definition) is 3. The Kier molecular flexibility index (Phi) is 5.06. The molecule has 3 rings (SSSR count). The maximum Gasteiger partial charge on any atom is 0.313 e. The molecule has 6 nitrogen and oxygen atoms in total. The molecule has 0 bridgehead atoms. The van der Waals surface area contributed by atoms with Crippen LogP contribution in [0, 0.1) is 5.92 Å². The number of methoxy groups -OCH3 is 1. The second-order valence-corrected chi connectivity index (χ2v) is 6.96. The van der Waals surface area contributed by atoms with Crippen LogP contribution in [0.5, 0.6) is 5.75 Å². The van der Waals surface area contributed by atoms with Gasteiger partial charge in [-0.1, -0.05) is 18.2 Å². The van der Waals surface area contributed by atoms with E-state index in [1.165, 1.54) is 18.4 Å². The topological polar surface area (TPSA) is 87.7 Å². The molecule has 0 saturated heterocycles. The first kappa shape index (κ1) is 17.4. The number of ether oxygens (including phenoxy) is 1. The lowest BCUT2D eigenvalue weighted by Crippen LogP contribution is -2.45. The lowest BCUT2D eigenvalue weighted by molar-refractivity contribution is -0.137. The Hall–Kier alpha value is -2.38. The third-order valence-electron chi connectivity index (χ3n) is 4.28. The Balaban J connectivity index is 1.62. The van der Waals surface area contributed by atoms with E-state index in [1.54, 1.807) is 24.3 Å². The molecule has 2 amide bonds. The summed E-state index contributed by atoms with van der Waals surface area (Å²) in [5.41, 5.74) is -0.699. The molecule has 1 atom stereocenters. The van der Waals surface area contributed by atoms with E-state index in [9.17, 15) is 14.7 Å². The van der Waals surface area contributed by atoms with Gasteiger partial charge in [0.05, 0.1) is 19.3 Å². The highest BCUT2D eigenvalue weighted by Gasteiger charge is 2.46. The van der Waals surface area contributed by atoms with Gasteiger partial charge in [-0.15, -0.1) is 11.3 Å². The largest absolute Gasteiger partial charge is 0.495 e. The molecular weight excluding hydrogens is 340 g/mol. The fraction of sp³-hybridized carbons (Fsp3) is 0.333. The zero-order valence-electron chi connectivity index (χ0n) is 13.8. The smallest absolute Gasteiger partial charge is 0.313 e. The van der Waals surface area contributed by atoms with Gasteiger partial charge in [0.25, 0.3) is 0 Å². The van der Waals surface area contributed by atoms with Crippen molar-refractivity contribution in [2.75, 3.05) is 19.0 Å². The Morgan fingerprint density at radius 3 is 2.64 bits per heavy atom. The quantitative estimate of drug-likeness (QED) is 0.689. The average Bonchev–Trinajstić information content (AvgIpc) is 3.34. The van der Waals surface area contributed by atoms with E-state index in [4.69, 9.17) is 4.74 Å². The molecule has 0 aliphatic heterocycles. The third kappa shape index (κ3) is 3.83. The number of carbonyl (C=O) groups excluding carboxylic acids is 2. The maximum absolute atomic E-state index is 12.1. The predicted molar refractivity (Wildman–Crippen MR) is 95.6 cm³/mol. The number of aliphatic hydroxyl groups is 1. The van der Waals surface area contributed by atoms with E-state index in [0.29, 0.717) is 11.4 Å². The van der Waals surface area contributed by atoms with Crippen LogP contribution in [0.3, 0.4) is 0 Å². The van der Waals surface area contributed by atoms with Gasteiger partial charge in [0, 0.05) is 4.88 Å². The van der Waals surface area contributed by atoms with E-state index < -0.39 is 17.4 Å². The van der Waals surface area contributed by atoms with Crippen molar-refractivity contribution >= 4 is 28.8 Å². The second kappa shape index (κ2) is 7.25. The summed E-state index contributed by atoms with van der Waals surface area (Å²) in [6.45, 7) is 0.0103. The van der Waals surface area contributed by atoms with Crippen LogP contribution in [0.2, 0.25) is 0 Å². The summed E-state index contributed by atoms with van der Waals surface area (Å²) in [7, 11) is 1.49. The van der Waals surface area contributed by atoms with Gasteiger partial charge in [-0.05, 0) is 42.3 Å². The minimum absolute atomic E-state index is 0.0103. The zero-order chi connectivity index (χ0) is 17.9. The first-order chi connectivity index (χ1) is 12.0. The minimum atomic E-state index is -1.12. The number of thiophene rings is 1. The molecule has 1 aliphatic carbocycles. The molecule has 2 aromatic rings. The predicted octanol–water partition coefficient (Wildman–Crippen LogP) is 2.11. The number of benzene rings is 1. The summed E-state index contributed by atoms with van der Waals surface area (Å²) in [5, 5.41) is 17.9. The van der Waals surface area contributed by atoms with Crippen LogP contribution in [0.25, 0.3) is 0 Å². The lowest BCUT2D eigenvalue weighted by Gasteiger charge is -2.27. The number of rotatable bonds is 6. The van der Waals surface area contributed by atoms with Crippen molar-refractivity contribution in [3.63, 3.8) is 0 Å². The van der Waals surface area contributed by atoms with Gasteiger partial charge in [-0.25, -0.2) is 0 Å². The normalized spacial score (nSPS) is 15.9. The SMILES string of the molecule is COc1ccccc1NC(=O)C(=O)NCC(O)(c1cccs1)C1CC1. The van der Waals surface area contributed by atoms with Crippen molar-refractivity contribution in [1.29, 1.82) is 0 Å². The first-order valence-electron chi connectivity index (χ1n) is 8.03.